The molecule has 0 saturated carbocycles. The Kier molecular flexibility index (Phi) is 5.25. The first-order valence-electron chi connectivity index (χ1n) is 5.13. The first kappa shape index (κ1) is 13.0. The molecule has 0 aliphatic rings. The fraction of sp³-hybridized carbons (Fsp3) is 0.500. The third-order valence-electron chi connectivity index (χ3n) is 2.52. The number of benzene rings is 1. The molecule has 1 aromatic carbocycles. The van der Waals surface area contributed by atoms with Gasteiger partial charge in [-0.3, -0.25) is 0 Å². The summed E-state index contributed by atoms with van der Waals surface area (Å²) < 4.78 is 15.6. The molecule has 4 heteroatoms. The molecule has 0 fully saturated rings. The maximum absolute atomic E-state index is 5.25. The molecule has 0 aliphatic carbocycles. The van der Waals surface area contributed by atoms with Crippen LogP contribution in [0.15, 0.2) is 24.3 Å². The van der Waals surface area contributed by atoms with E-state index in [1.54, 1.807) is 21.3 Å². The number of methoxy groups -OCH3 is 3. The van der Waals surface area contributed by atoms with Crippen LogP contribution in [0.25, 0.3) is 0 Å². The molecule has 0 aliphatic heterocycles. The predicted octanol–water partition coefficient (Wildman–Crippen LogP) is 1.57. The van der Waals surface area contributed by atoms with E-state index in [1.165, 1.54) is 0 Å². The van der Waals surface area contributed by atoms with Gasteiger partial charge < -0.3 is 19.5 Å². The average Bonchev–Trinajstić information content (AvgIpc) is 2.36. The van der Waals surface area contributed by atoms with Crippen molar-refractivity contribution in [3.05, 3.63) is 29.8 Å². The normalized spacial score (nSPS) is 12.8. The van der Waals surface area contributed by atoms with Crippen molar-refractivity contribution in [3.63, 3.8) is 0 Å². The Morgan fingerprint density at radius 1 is 1.00 bits per heavy atom. The van der Waals surface area contributed by atoms with Crippen molar-refractivity contribution in [1.29, 1.82) is 0 Å². The van der Waals surface area contributed by atoms with Crippen LogP contribution in [0.2, 0.25) is 0 Å². The summed E-state index contributed by atoms with van der Waals surface area (Å²) in [5.41, 5.74) is 1.09. The lowest BCUT2D eigenvalue weighted by Crippen LogP contribution is -2.32. The second-order valence-electron chi connectivity index (χ2n) is 3.38. The van der Waals surface area contributed by atoms with Crippen LogP contribution in [0.3, 0.4) is 0 Å². The van der Waals surface area contributed by atoms with E-state index < -0.39 is 0 Å². The molecule has 0 aromatic heterocycles. The summed E-state index contributed by atoms with van der Waals surface area (Å²) in [5, 5.41) is 3.17. The van der Waals surface area contributed by atoms with Gasteiger partial charge in [-0.05, 0) is 24.7 Å². The average molecular weight is 225 g/mol. The van der Waals surface area contributed by atoms with Gasteiger partial charge in [-0.25, -0.2) is 0 Å². The van der Waals surface area contributed by atoms with Crippen molar-refractivity contribution in [3.8, 4) is 5.75 Å². The Hall–Kier alpha value is -1.10. The zero-order chi connectivity index (χ0) is 12.0. The molecular formula is C12H19NO3. The van der Waals surface area contributed by atoms with Gasteiger partial charge in [-0.1, -0.05) is 12.1 Å². The van der Waals surface area contributed by atoms with Crippen molar-refractivity contribution in [1.82, 2.24) is 5.32 Å². The Bertz CT molecular complexity index is 296. The molecule has 4 nitrogen and oxygen atoms in total. The second-order valence-corrected chi connectivity index (χ2v) is 3.38. The largest absolute Gasteiger partial charge is 0.497 e. The quantitative estimate of drug-likeness (QED) is 0.746. The minimum atomic E-state index is -0.307. The number of hydrogen-bond donors (Lipinski definition) is 1. The van der Waals surface area contributed by atoms with Crippen molar-refractivity contribution in [2.24, 2.45) is 0 Å². The van der Waals surface area contributed by atoms with E-state index in [2.05, 4.69) is 5.32 Å². The fourth-order valence-corrected chi connectivity index (χ4v) is 1.64. The van der Waals surface area contributed by atoms with Crippen molar-refractivity contribution in [2.45, 2.75) is 12.3 Å². The Morgan fingerprint density at radius 2 is 1.56 bits per heavy atom. The molecule has 1 unspecified atom stereocenters. The van der Waals surface area contributed by atoms with E-state index in [-0.39, 0.29) is 12.3 Å². The summed E-state index contributed by atoms with van der Waals surface area (Å²) in [7, 11) is 6.78. The van der Waals surface area contributed by atoms with Crippen LogP contribution in [0.1, 0.15) is 11.6 Å². The maximum Gasteiger partial charge on any atom is 0.176 e. The molecule has 0 amide bonds. The Balaban J connectivity index is 2.85. The van der Waals surface area contributed by atoms with E-state index in [9.17, 15) is 0 Å². The van der Waals surface area contributed by atoms with Gasteiger partial charge in [0.25, 0.3) is 0 Å². The van der Waals surface area contributed by atoms with Crippen molar-refractivity contribution >= 4 is 0 Å². The van der Waals surface area contributed by atoms with Gasteiger partial charge >= 0.3 is 0 Å². The highest BCUT2D eigenvalue weighted by atomic mass is 16.7. The molecule has 90 valence electrons. The number of nitrogens with one attached hydrogen (secondary N) is 1. The summed E-state index contributed by atoms with van der Waals surface area (Å²) in [6.45, 7) is 0. The summed E-state index contributed by atoms with van der Waals surface area (Å²) in [4.78, 5) is 0. The standard InChI is InChI=1S/C12H19NO3/c1-13-11(12(15-3)16-4)9-5-7-10(14-2)8-6-9/h5-8,11-13H,1-4H3. The van der Waals surface area contributed by atoms with Crippen LogP contribution in [0.5, 0.6) is 5.75 Å². The molecule has 0 heterocycles. The number of rotatable bonds is 6. The lowest BCUT2D eigenvalue weighted by molar-refractivity contribution is -0.123. The summed E-state index contributed by atoms with van der Waals surface area (Å²) in [6.07, 6.45) is -0.307. The minimum absolute atomic E-state index is 0.000839. The highest BCUT2D eigenvalue weighted by molar-refractivity contribution is 5.29. The minimum Gasteiger partial charge on any atom is -0.497 e. The van der Waals surface area contributed by atoms with E-state index in [1.807, 2.05) is 31.3 Å². The van der Waals surface area contributed by atoms with Gasteiger partial charge in [-0.15, -0.1) is 0 Å². The molecule has 0 spiro atoms. The molecule has 1 rings (SSSR count). The predicted molar refractivity (Wildman–Crippen MR) is 62.6 cm³/mol. The highest BCUT2D eigenvalue weighted by Crippen LogP contribution is 2.21. The zero-order valence-corrected chi connectivity index (χ0v) is 10.2. The molecule has 0 bridgehead atoms. The fourth-order valence-electron chi connectivity index (χ4n) is 1.64. The Labute approximate surface area is 96.5 Å². The van der Waals surface area contributed by atoms with Gasteiger partial charge in [0.1, 0.15) is 5.75 Å². The molecule has 0 saturated heterocycles. The van der Waals surface area contributed by atoms with Crippen LogP contribution >= 0.6 is 0 Å². The van der Waals surface area contributed by atoms with Crippen LogP contribution in [-0.4, -0.2) is 34.7 Å². The topological polar surface area (TPSA) is 39.7 Å². The summed E-state index contributed by atoms with van der Waals surface area (Å²) in [6, 6.07) is 7.82. The van der Waals surface area contributed by atoms with E-state index in [0.717, 1.165) is 11.3 Å². The van der Waals surface area contributed by atoms with E-state index >= 15 is 0 Å². The lowest BCUT2D eigenvalue weighted by atomic mass is 10.1. The molecule has 1 atom stereocenters. The number of ether oxygens (including phenoxy) is 3. The third-order valence-corrected chi connectivity index (χ3v) is 2.52. The molecular weight excluding hydrogens is 206 g/mol. The van der Waals surface area contributed by atoms with Crippen LogP contribution < -0.4 is 10.1 Å². The van der Waals surface area contributed by atoms with Crippen LogP contribution in [0, 0.1) is 0 Å². The first-order valence-corrected chi connectivity index (χ1v) is 5.13. The van der Waals surface area contributed by atoms with E-state index in [4.69, 9.17) is 14.2 Å². The van der Waals surface area contributed by atoms with Crippen molar-refractivity contribution in [2.75, 3.05) is 28.4 Å². The summed E-state index contributed by atoms with van der Waals surface area (Å²) in [5.74, 6) is 0.838. The van der Waals surface area contributed by atoms with Gasteiger partial charge in [0.05, 0.1) is 13.2 Å². The maximum atomic E-state index is 5.25. The Morgan fingerprint density at radius 3 is 1.94 bits per heavy atom. The lowest BCUT2D eigenvalue weighted by Gasteiger charge is -2.24. The van der Waals surface area contributed by atoms with Gasteiger partial charge in [-0.2, -0.15) is 0 Å². The van der Waals surface area contributed by atoms with Crippen LogP contribution in [0.4, 0.5) is 0 Å². The summed E-state index contributed by atoms with van der Waals surface area (Å²) >= 11 is 0. The molecule has 16 heavy (non-hydrogen) atoms. The van der Waals surface area contributed by atoms with E-state index in [0.29, 0.717) is 0 Å². The van der Waals surface area contributed by atoms with Gasteiger partial charge in [0, 0.05) is 14.2 Å². The van der Waals surface area contributed by atoms with Gasteiger partial charge in [0.15, 0.2) is 6.29 Å². The first-order chi connectivity index (χ1) is 7.76. The number of hydrogen-bond acceptors (Lipinski definition) is 4. The molecule has 1 N–H and O–H groups in total. The molecule has 0 radical (unpaired) electrons. The molecule has 1 aromatic rings. The monoisotopic (exact) mass is 225 g/mol. The number of likely N-dealkylation sites (N-methyl/N-ethyl adjacent to an activating group) is 1. The SMILES string of the molecule is CNC(c1ccc(OC)cc1)C(OC)OC. The second kappa shape index (κ2) is 6.48. The third kappa shape index (κ3) is 2.95. The highest BCUT2D eigenvalue weighted by Gasteiger charge is 2.20. The van der Waals surface area contributed by atoms with Crippen LogP contribution in [-0.2, 0) is 9.47 Å². The van der Waals surface area contributed by atoms with Crippen molar-refractivity contribution < 1.29 is 14.2 Å². The smallest absolute Gasteiger partial charge is 0.176 e. The zero-order valence-electron chi connectivity index (χ0n) is 10.2. The van der Waals surface area contributed by atoms with Gasteiger partial charge in [0.2, 0.25) is 0 Å².